The SMILES string of the molecule is CC1(C)c2cc(-c3cccc4oc5cc6ccccc6cc5c34)ccc2-c2c1ccc1c(-c3ccc4oc5ccccc5c4c3)cccc21. The molecular formula is C47H30O2. The van der Waals surface area contributed by atoms with Crippen LogP contribution in [0.25, 0.3) is 98.8 Å². The summed E-state index contributed by atoms with van der Waals surface area (Å²) < 4.78 is 12.6. The first-order chi connectivity index (χ1) is 24.0. The topological polar surface area (TPSA) is 26.3 Å². The third-order valence-electron chi connectivity index (χ3n) is 11.1. The molecule has 2 heterocycles. The Hall–Kier alpha value is -6.12. The first kappa shape index (κ1) is 26.9. The van der Waals surface area contributed by atoms with E-state index in [1.54, 1.807) is 0 Å². The minimum Gasteiger partial charge on any atom is -0.456 e. The minimum absolute atomic E-state index is 0.151. The highest BCUT2D eigenvalue weighted by Gasteiger charge is 2.37. The average Bonchev–Trinajstić information content (AvgIpc) is 3.77. The van der Waals surface area contributed by atoms with E-state index in [0.717, 1.165) is 38.5 Å². The van der Waals surface area contributed by atoms with Gasteiger partial charge in [-0.3, -0.25) is 0 Å². The highest BCUT2D eigenvalue weighted by molar-refractivity contribution is 6.16. The molecule has 0 saturated heterocycles. The van der Waals surface area contributed by atoms with Crippen molar-refractivity contribution >= 4 is 65.4 Å². The molecule has 10 aromatic rings. The lowest BCUT2D eigenvalue weighted by Gasteiger charge is -2.22. The maximum Gasteiger partial charge on any atom is 0.136 e. The third-order valence-corrected chi connectivity index (χ3v) is 11.1. The number of rotatable bonds is 2. The van der Waals surface area contributed by atoms with Crippen molar-refractivity contribution in [2.24, 2.45) is 0 Å². The lowest BCUT2D eigenvalue weighted by Crippen LogP contribution is -2.15. The van der Waals surface area contributed by atoms with Crippen molar-refractivity contribution < 1.29 is 8.83 Å². The first-order valence-corrected chi connectivity index (χ1v) is 17.0. The van der Waals surface area contributed by atoms with Crippen molar-refractivity contribution in [2.75, 3.05) is 0 Å². The molecule has 0 radical (unpaired) electrons. The molecule has 230 valence electrons. The van der Waals surface area contributed by atoms with Crippen LogP contribution in [0.1, 0.15) is 25.0 Å². The van der Waals surface area contributed by atoms with Crippen LogP contribution in [0.5, 0.6) is 0 Å². The Morgan fingerprint density at radius 2 is 1.08 bits per heavy atom. The van der Waals surface area contributed by atoms with Crippen molar-refractivity contribution in [2.45, 2.75) is 19.3 Å². The lowest BCUT2D eigenvalue weighted by atomic mass is 9.81. The Morgan fingerprint density at radius 3 is 2.00 bits per heavy atom. The summed E-state index contributed by atoms with van der Waals surface area (Å²) in [6.07, 6.45) is 0. The van der Waals surface area contributed by atoms with Gasteiger partial charge in [0, 0.05) is 27.0 Å². The van der Waals surface area contributed by atoms with Crippen LogP contribution in [-0.2, 0) is 5.41 Å². The number of hydrogen-bond donors (Lipinski definition) is 0. The van der Waals surface area contributed by atoms with E-state index >= 15 is 0 Å². The van der Waals surface area contributed by atoms with E-state index in [4.69, 9.17) is 8.83 Å². The second-order valence-corrected chi connectivity index (χ2v) is 14.1. The van der Waals surface area contributed by atoms with Crippen LogP contribution in [0, 0.1) is 0 Å². The Bertz CT molecular complexity index is 3020. The number of hydrogen-bond acceptors (Lipinski definition) is 2. The molecule has 2 nitrogen and oxygen atoms in total. The highest BCUT2D eigenvalue weighted by Crippen LogP contribution is 2.53. The van der Waals surface area contributed by atoms with Crippen molar-refractivity contribution in [3.05, 3.63) is 157 Å². The van der Waals surface area contributed by atoms with Gasteiger partial charge in [0.2, 0.25) is 0 Å². The molecule has 0 unspecified atom stereocenters. The van der Waals surface area contributed by atoms with Crippen molar-refractivity contribution in [3.8, 4) is 33.4 Å². The predicted molar refractivity (Wildman–Crippen MR) is 204 cm³/mol. The van der Waals surface area contributed by atoms with Gasteiger partial charge in [0.05, 0.1) is 0 Å². The normalized spacial score (nSPS) is 13.7. The number of para-hydroxylation sites is 1. The molecule has 0 aliphatic heterocycles. The molecule has 0 bridgehead atoms. The van der Waals surface area contributed by atoms with Crippen molar-refractivity contribution in [3.63, 3.8) is 0 Å². The van der Waals surface area contributed by atoms with E-state index in [1.165, 1.54) is 71.4 Å². The van der Waals surface area contributed by atoms with Gasteiger partial charge in [0.15, 0.2) is 0 Å². The quantitative estimate of drug-likeness (QED) is 0.191. The second-order valence-electron chi connectivity index (χ2n) is 14.1. The fourth-order valence-electron chi connectivity index (χ4n) is 8.66. The summed E-state index contributed by atoms with van der Waals surface area (Å²) in [5, 5.41) is 9.62. The number of fused-ring (bicyclic) bond motifs is 12. The third kappa shape index (κ3) is 3.66. The van der Waals surface area contributed by atoms with Gasteiger partial charge >= 0.3 is 0 Å². The molecule has 2 heteroatoms. The summed E-state index contributed by atoms with van der Waals surface area (Å²) >= 11 is 0. The van der Waals surface area contributed by atoms with Crippen LogP contribution in [0.15, 0.2) is 154 Å². The molecule has 0 saturated carbocycles. The molecule has 0 fully saturated rings. The van der Waals surface area contributed by atoms with Crippen molar-refractivity contribution in [1.29, 1.82) is 0 Å². The van der Waals surface area contributed by atoms with Gasteiger partial charge in [-0.15, -0.1) is 0 Å². The number of furan rings is 2. The molecule has 49 heavy (non-hydrogen) atoms. The molecule has 2 aromatic heterocycles. The fourth-order valence-corrected chi connectivity index (χ4v) is 8.66. The van der Waals surface area contributed by atoms with Gasteiger partial charge in [-0.2, -0.15) is 0 Å². The minimum atomic E-state index is -0.151. The lowest BCUT2D eigenvalue weighted by molar-refractivity contribution is 0.661. The van der Waals surface area contributed by atoms with E-state index < -0.39 is 0 Å². The zero-order valence-corrected chi connectivity index (χ0v) is 27.2. The van der Waals surface area contributed by atoms with E-state index in [0.29, 0.717) is 0 Å². The van der Waals surface area contributed by atoms with E-state index in [9.17, 15) is 0 Å². The summed E-state index contributed by atoms with van der Waals surface area (Å²) in [5.41, 5.74) is 13.8. The molecule has 0 N–H and O–H groups in total. The zero-order chi connectivity index (χ0) is 32.4. The molecule has 1 aliphatic rings. The van der Waals surface area contributed by atoms with Gasteiger partial charge in [-0.25, -0.2) is 0 Å². The van der Waals surface area contributed by atoms with E-state index in [-0.39, 0.29) is 5.41 Å². The van der Waals surface area contributed by atoms with Gasteiger partial charge < -0.3 is 8.83 Å². The second kappa shape index (κ2) is 9.49. The van der Waals surface area contributed by atoms with Crippen LogP contribution < -0.4 is 0 Å². The summed E-state index contributed by atoms with van der Waals surface area (Å²) in [5.74, 6) is 0. The molecule has 0 atom stereocenters. The van der Waals surface area contributed by atoms with Gasteiger partial charge in [-0.1, -0.05) is 117 Å². The predicted octanol–water partition coefficient (Wildman–Crippen LogP) is 13.4. The molecule has 1 aliphatic carbocycles. The molecule has 0 amide bonds. The summed E-state index contributed by atoms with van der Waals surface area (Å²) in [4.78, 5) is 0. The standard InChI is InChI=1S/C47H30O2/c1-47(2)39-21-20-33-31(29-18-22-42-37(24-29)34-11-5-6-15-41(34)48-42)12-7-14-35(33)45(39)36-19-17-30(25-40(36)47)32-13-8-16-43-46(32)38-23-27-9-3-4-10-28(27)26-44(38)49-43/h3-26H,1-2H3. The summed E-state index contributed by atoms with van der Waals surface area (Å²) in [7, 11) is 0. The van der Waals surface area contributed by atoms with Crippen LogP contribution in [-0.4, -0.2) is 0 Å². The fraction of sp³-hybridized carbons (Fsp3) is 0.0638. The maximum absolute atomic E-state index is 6.44. The highest BCUT2D eigenvalue weighted by atomic mass is 16.3. The smallest absolute Gasteiger partial charge is 0.136 e. The number of benzene rings is 8. The van der Waals surface area contributed by atoms with E-state index in [1.807, 2.05) is 12.1 Å². The molecule has 0 spiro atoms. The van der Waals surface area contributed by atoms with Gasteiger partial charge in [-0.05, 0) is 109 Å². The van der Waals surface area contributed by atoms with Crippen molar-refractivity contribution in [1.82, 2.24) is 0 Å². The summed E-state index contributed by atoms with van der Waals surface area (Å²) in [6, 6.07) is 52.8. The van der Waals surface area contributed by atoms with Crippen LogP contribution in [0.4, 0.5) is 0 Å². The first-order valence-electron chi connectivity index (χ1n) is 17.0. The Kier molecular flexibility index (Phi) is 5.21. The van der Waals surface area contributed by atoms with Gasteiger partial charge in [0.1, 0.15) is 22.3 Å². The molecule has 11 rings (SSSR count). The monoisotopic (exact) mass is 626 g/mol. The molecular weight excluding hydrogens is 597 g/mol. The van der Waals surface area contributed by atoms with Crippen LogP contribution in [0.2, 0.25) is 0 Å². The van der Waals surface area contributed by atoms with E-state index in [2.05, 4.69) is 147 Å². The van der Waals surface area contributed by atoms with Crippen LogP contribution >= 0.6 is 0 Å². The largest absolute Gasteiger partial charge is 0.456 e. The zero-order valence-electron chi connectivity index (χ0n) is 27.2. The molecule has 8 aromatic carbocycles. The average molecular weight is 627 g/mol. The maximum atomic E-state index is 6.44. The summed E-state index contributed by atoms with van der Waals surface area (Å²) in [6.45, 7) is 4.74. The Balaban J connectivity index is 1.09. The van der Waals surface area contributed by atoms with Crippen LogP contribution in [0.3, 0.4) is 0 Å². The Morgan fingerprint density at radius 1 is 0.388 bits per heavy atom. The van der Waals surface area contributed by atoms with Gasteiger partial charge in [0.25, 0.3) is 0 Å². The Labute approximate surface area is 282 Å².